The Hall–Kier alpha value is -2.17. The van der Waals surface area contributed by atoms with Gasteiger partial charge in [0, 0.05) is 13.1 Å². The van der Waals surface area contributed by atoms with Gasteiger partial charge in [0.05, 0.1) is 14.2 Å². The van der Waals surface area contributed by atoms with Crippen molar-refractivity contribution in [1.82, 2.24) is 0 Å². The molecule has 5 nitrogen and oxygen atoms in total. The highest BCUT2D eigenvalue weighted by Crippen LogP contribution is 2.32. The summed E-state index contributed by atoms with van der Waals surface area (Å²) in [7, 11) is 4.71. The van der Waals surface area contributed by atoms with Crippen molar-refractivity contribution in [3.05, 3.63) is 28.4 Å². The fraction of sp³-hybridized carbons (Fsp3) is 0.250. The van der Waals surface area contributed by atoms with E-state index in [4.69, 9.17) is 13.9 Å². The van der Waals surface area contributed by atoms with Crippen LogP contribution in [0.3, 0.4) is 0 Å². The zero-order chi connectivity index (χ0) is 12.4. The molecule has 0 saturated carbocycles. The first kappa shape index (κ1) is 11.3. The number of anilines is 1. The molecule has 2 aromatic rings. The van der Waals surface area contributed by atoms with E-state index in [1.54, 1.807) is 19.2 Å². The third-order valence-electron chi connectivity index (χ3n) is 2.49. The Morgan fingerprint density at radius 2 is 1.82 bits per heavy atom. The minimum absolute atomic E-state index is 0.175. The van der Waals surface area contributed by atoms with Gasteiger partial charge in [0.2, 0.25) is 0 Å². The van der Waals surface area contributed by atoms with Crippen LogP contribution in [0.4, 0.5) is 5.88 Å². The maximum atomic E-state index is 12.0. The van der Waals surface area contributed by atoms with E-state index in [2.05, 4.69) is 5.32 Å². The van der Waals surface area contributed by atoms with Crippen molar-refractivity contribution in [2.24, 2.45) is 0 Å². The van der Waals surface area contributed by atoms with Crippen LogP contribution in [0.15, 0.2) is 27.4 Å². The summed E-state index contributed by atoms with van der Waals surface area (Å²) in [4.78, 5) is 12.0. The van der Waals surface area contributed by atoms with Crippen LogP contribution in [0.2, 0.25) is 0 Å². The van der Waals surface area contributed by atoms with Crippen LogP contribution in [-0.2, 0) is 0 Å². The number of rotatable bonds is 3. The van der Waals surface area contributed by atoms with E-state index in [9.17, 15) is 4.79 Å². The number of hydrogen-bond donors (Lipinski definition) is 1. The summed E-state index contributed by atoms with van der Waals surface area (Å²) in [6, 6.07) is 4.75. The molecule has 1 N–H and O–H groups in total. The van der Waals surface area contributed by atoms with Crippen LogP contribution in [0.1, 0.15) is 0 Å². The lowest BCUT2D eigenvalue weighted by Gasteiger charge is -2.09. The molecule has 1 aromatic carbocycles. The second-order valence-electron chi connectivity index (χ2n) is 3.40. The summed E-state index contributed by atoms with van der Waals surface area (Å²) >= 11 is 0. The minimum atomic E-state index is -0.175. The predicted octanol–water partition coefficient (Wildman–Crippen LogP) is 1.85. The second-order valence-corrected chi connectivity index (χ2v) is 3.40. The quantitative estimate of drug-likeness (QED) is 0.879. The highest BCUT2D eigenvalue weighted by Gasteiger charge is 2.14. The van der Waals surface area contributed by atoms with Crippen molar-refractivity contribution >= 4 is 16.9 Å². The van der Waals surface area contributed by atoms with Crippen LogP contribution in [0.5, 0.6) is 11.5 Å². The maximum Gasteiger partial charge on any atom is 0.198 e. The Balaban J connectivity index is 2.90. The Labute approximate surface area is 98.0 Å². The lowest BCUT2D eigenvalue weighted by Crippen LogP contribution is -2.05. The van der Waals surface area contributed by atoms with Gasteiger partial charge < -0.3 is 19.2 Å². The molecule has 0 amide bonds. The molecule has 90 valence electrons. The molecular formula is C12H13NO4. The van der Waals surface area contributed by atoms with Crippen LogP contribution < -0.4 is 20.2 Å². The molecule has 1 aromatic heterocycles. The van der Waals surface area contributed by atoms with Gasteiger partial charge in [-0.15, -0.1) is 0 Å². The van der Waals surface area contributed by atoms with Gasteiger partial charge in [-0.25, -0.2) is 0 Å². The number of hydrogen-bond acceptors (Lipinski definition) is 5. The van der Waals surface area contributed by atoms with Crippen molar-refractivity contribution in [2.75, 3.05) is 26.6 Å². The van der Waals surface area contributed by atoms with Crippen molar-refractivity contribution in [3.8, 4) is 11.5 Å². The maximum absolute atomic E-state index is 12.0. The molecule has 0 aliphatic heterocycles. The van der Waals surface area contributed by atoms with Crippen LogP contribution >= 0.6 is 0 Å². The first-order chi connectivity index (χ1) is 8.21. The smallest absolute Gasteiger partial charge is 0.198 e. The summed E-state index contributed by atoms with van der Waals surface area (Å²) in [5.74, 6) is 1.35. The van der Waals surface area contributed by atoms with Crippen molar-refractivity contribution in [1.29, 1.82) is 0 Å². The number of ether oxygens (including phenoxy) is 2. The molecule has 0 aliphatic rings. The molecule has 0 fully saturated rings. The summed E-state index contributed by atoms with van der Waals surface area (Å²) in [5.41, 5.74) is 0.204. The van der Waals surface area contributed by atoms with E-state index in [0.717, 1.165) is 0 Å². The third kappa shape index (κ3) is 1.80. The molecule has 0 radical (unpaired) electrons. The highest BCUT2D eigenvalue weighted by atomic mass is 16.5. The van der Waals surface area contributed by atoms with Gasteiger partial charge in [0.25, 0.3) is 0 Å². The first-order valence-corrected chi connectivity index (χ1v) is 5.08. The SMILES string of the molecule is CNc1cc(=O)c2c(OC)ccc(OC)c2o1. The lowest BCUT2D eigenvalue weighted by atomic mass is 10.2. The fourth-order valence-electron chi connectivity index (χ4n) is 1.66. The molecule has 0 unspecified atom stereocenters. The molecular weight excluding hydrogens is 222 g/mol. The Morgan fingerprint density at radius 1 is 1.18 bits per heavy atom. The summed E-state index contributed by atoms with van der Waals surface area (Å²) in [6.45, 7) is 0. The zero-order valence-electron chi connectivity index (χ0n) is 9.87. The van der Waals surface area contributed by atoms with E-state index in [-0.39, 0.29) is 5.43 Å². The Kier molecular flexibility index (Phi) is 2.91. The van der Waals surface area contributed by atoms with Gasteiger partial charge in [-0.05, 0) is 12.1 Å². The van der Waals surface area contributed by atoms with Gasteiger partial charge in [0.1, 0.15) is 11.1 Å². The lowest BCUT2D eigenvalue weighted by molar-refractivity contribution is 0.402. The molecule has 0 bridgehead atoms. The van der Waals surface area contributed by atoms with Gasteiger partial charge in [-0.2, -0.15) is 0 Å². The van der Waals surface area contributed by atoms with Gasteiger partial charge >= 0.3 is 0 Å². The van der Waals surface area contributed by atoms with E-state index >= 15 is 0 Å². The second kappa shape index (κ2) is 4.37. The Bertz CT molecular complexity index is 603. The van der Waals surface area contributed by atoms with Crippen LogP contribution in [0, 0.1) is 0 Å². The Morgan fingerprint density at radius 3 is 2.41 bits per heavy atom. The molecule has 17 heavy (non-hydrogen) atoms. The topological polar surface area (TPSA) is 60.7 Å². The minimum Gasteiger partial charge on any atom is -0.496 e. The number of fused-ring (bicyclic) bond motifs is 1. The fourth-order valence-corrected chi connectivity index (χ4v) is 1.66. The van der Waals surface area contributed by atoms with E-state index < -0.39 is 0 Å². The number of nitrogens with one attached hydrogen (secondary N) is 1. The largest absolute Gasteiger partial charge is 0.496 e. The summed E-state index contributed by atoms with van der Waals surface area (Å²) < 4.78 is 15.9. The van der Waals surface area contributed by atoms with E-state index in [0.29, 0.717) is 28.4 Å². The molecule has 2 rings (SSSR count). The molecule has 1 heterocycles. The van der Waals surface area contributed by atoms with Crippen molar-refractivity contribution < 1.29 is 13.9 Å². The third-order valence-corrected chi connectivity index (χ3v) is 2.49. The standard InChI is InChI=1S/C12H13NO4/c1-13-10-6-7(14)11-8(15-2)4-5-9(16-3)12(11)17-10/h4-6,13H,1-3H3. The monoisotopic (exact) mass is 235 g/mol. The molecule has 0 spiro atoms. The number of benzene rings is 1. The number of methoxy groups -OCH3 is 2. The van der Waals surface area contributed by atoms with Crippen molar-refractivity contribution in [3.63, 3.8) is 0 Å². The van der Waals surface area contributed by atoms with Crippen LogP contribution in [-0.4, -0.2) is 21.3 Å². The van der Waals surface area contributed by atoms with Crippen LogP contribution in [0.25, 0.3) is 11.0 Å². The molecule has 5 heteroatoms. The predicted molar refractivity (Wildman–Crippen MR) is 65.1 cm³/mol. The van der Waals surface area contributed by atoms with E-state index in [1.807, 2.05) is 0 Å². The zero-order valence-corrected chi connectivity index (χ0v) is 9.87. The summed E-state index contributed by atoms with van der Waals surface area (Å²) in [6.07, 6.45) is 0. The normalized spacial score (nSPS) is 10.3. The molecule has 0 atom stereocenters. The summed E-state index contributed by atoms with van der Waals surface area (Å²) in [5, 5.41) is 3.17. The van der Waals surface area contributed by atoms with E-state index in [1.165, 1.54) is 20.3 Å². The van der Waals surface area contributed by atoms with Gasteiger partial charge in [-0.3, -0.25) is 4.79 Å². The van der Waals surface area contributed by atoms with Gasteiger partial charge in [0.15, 0.2) is 22.6 Å². The van der Waals surface area contributed by atoms with Crippen molar-refractivity contribution in [2.45, 2.75) is 0 Å². The highest BCUT2D eigenvalue weighted by molar-refractivity contribution is 5.89. The molecule has 0 aliphatic carbocycles. The molecule has 0 saturated heterocycles. The average molecular weight is 235 g/mol. The average Bonchev–Trinajstić information content (AvgIpc) is 2.37. The van der Waals surface area contributed by atoms with Gasteiger partial charge in [-0.1, -0.05) is 0 Å². The first-order valence-electron chi connectivity index (χ1n) is 5.08.